The molecule has 21 heavy (non-hydrogen) atoms. The van der Waals surface area contributed by atoms with Gasteiger partial charge in [-0.05, 0) is 17.7 Å². The van der Waals surface area contributed by atoms with Gasteiger partial charge in [-0.25, -0.2) is 13.8 Å². The summed E-state index contributed by atoms with van der Waals surface area (Å²) in [5.74, 6) is -1.29. The molecule has 0 heterocycles. The summed E-state index contributed by atoms with van der Waals surface area (Å²) in [6, 6.07) is 14.0. The molecule has 0 aliphatic carbocycles. The van der Waals surface area contributed by atoms with Gasteiger partial charge in [-0.3, -0.25) is 4.79 Å². The molecule has 0 bridgehead atoms. The number of hydrogen-bond acceptors (Lipinski definition) is 4. The summed E-state index contributed by atoms with van der Waals surface area (Å²) >= 11 is 0. The molecule has 0 saturated heterocycles. The Morgan fingerprint density at radius 3 is 2.10 bits per heavy atom. The van der Waals surface area contributed by atoms with Gasteiger partial charge in [0.1, 0.15) is 6.04 Å². The van der Waals surface area contributed by atoms with Crippen LogP contribution < -0.4 is 10.2 Å². The van der Waals surface area contributed by atoms with Crippen LogP contribution >= 0.6 is 0 Å². The maximum absolute atomic E-state index is 12.2. The maximum atomic E-state index is 12.2. The van der Waals surface area contributed by atoms with Gasteiger partial charge in [0.15, 0.2) is 1.41 Å². The first-order chi connectivity index (χ1) is 10.4. The van der Waals surface area contributed by atoms with E-state index in [1.54, 1.807) is 24.3 Å². The monoisotopic (exact) mass is 307 g/mol. The van der Waals surface area contributed by atoms with E-state index in [4.69, 9.17) is 1.41 Å². The van der Waals surface area contributed by atoms with Gasteiger partial charge in [0.25, 0.3) is 10.0 Å². The molecule has 0 amide bonds. The van der Waals surface area contributed by atoms with E-state index in [9.17, 15) is 18.3 Å². The molecule has 1 unspecified atom stereocenters. The van der Waals surface area contributed by atoms with Crippen molar-refractivity contribution in [3.05, 3.63) is 66.2 Å². The zero-order chi connectivity index (χ0) is 16.2. The highest BCUT2D eigenvalue weighted by molar-refractivity contribution is 7.89. The molecule has 0 fully saturated rings. The summed E-state index contributed by atoms with van der Waals surface area (Å²) < 4.78 is 32.1. The van der Waals surface area contributed by atoms with Gasteiger partial charge >= 0.3 is 5.97 Å². The molecule has 0 aliphatic rings. The molecule has 0 aromatic heterocycles. The number of carboxylic acid groups (broad SMARTS) is 1. The van der Waals surface area contributed by atoms with E-state index in [0.29, 0.717) is 5.56 Å². The lowest BCUT2D eigenvalue weighted by Gasteiger charge is -2.15. The fraction of sp³-hybridized carbons (Fsp3) is 0.0714. The number of aliphatic carboxylic acids is 1. The summed E-state index contributed by atoms with van der Waals surface area (Å²) in [5, 5.41) is 9.24. The minimum atomic E-state index is -4.15. The highest BCUT2D eigenvalue weighted by Gasteiger charge is 2.22. The molecular formula is C14H14N2O4S. The van der Waals surface area contributed by atoms with Crippen LogP contribution in [0, 0.1) is 0 Å². The van der Waals surface area contributed by atoms with Crippen LogP contribution in [0.25, 0.3) is 0 Å². The summed E-state index contributed by atoms with van der Waals surface area (Å²) in [6.45, 7) is 0. The Morgan fingerprint density at radius 2 is 1.57 bits per heavy atom. The number of rotatable bonds is 6. The minimum Gasteiger partial charge on any atom is -0.480 e. The van der Waals surface area contributed by atoms with Crippen molar-refractivity contribution in [2.24, 2.45) is 0 Å². The van der Waals surface area contributed by atoms with Crippen molar-refractivity contribution in [1.29, 1.82) is 0 Å². The van der Waals surface area contributed by atoms with Gasteiger partial charge in [-0.15, -0.1) is 4.82 Å². The average molecular weight is 307 g/mol. The van der Waals surface area contributed by atoms with Crippen LogP contribution in [0.3, 0.4) is 0 Å². The van der Waals surface area contributed by atoms with Crippen molar-refractivity contribution in [3.63, 3.8) is 0 Å². The Hall–Kier alpha value is -2.22. The summed E-state index contributed by atoms with van der Waals surface area (Å²) in [4.78, 5) is 11.3. The first-order valence-corrected chi connectivity index (χ1v) is 7.50. The van der Waals surface area contributed by atoms with Gasteiger partial charge in [0, 0.05) is 0 Å². The van der Waals surface area contributed by atoms with Crippen LogP contribution in [0.2, 0.25) is 1.41 Å². The molecule has 0 saturated carbocycles. The zero-order valence-electron chi connectivity index (χ0n) is 11.9. The van der Waals surface area contributed by atoms with Crippen molar-refractivity contribution in [2.75, 3.05) is 0 Å². The van der Waals surface area contributed by atoms with Crippen LogP contribution in [0.4, 0.5) is 0 Å². The first-order valence-electron chi connectivity index (χ1n) is 6.51. The van der Waals surface area contributed by atoms with Gasteiger partial charge in [-0.1, -0.05) is 48.5 Å². The second kappa shape index (κ2) is 6.49. The molecule has 0 spiro atoms. The van der Waals surface area contributed by atoms with Gasteiger partial charge in [0.05, 0.1) is 4.90 Å². The number of hydrazine groups is 1. The number of sulfonamides is 1. The van der Waals surface area contributed by atoms with Crippen molar-refractivity contribution in [3.8, 4) is 0 Å². The Morgan fingerprint density at radius 1 is 1.05 bits per heavy atom. The maximum Gasteiger partial charge on any atom is 0.326 e. The second-order valence-electron chi connectivity index (χ2n) is 4.19. The second-order valence-corrected chi connectivity index (χ2v) is 5.79. The fourth-order valence-corrected chi connectivity index (χ4v) is 2.54. The normalized spacial score (nSPS) is 13.7. The van der Waals surface area contributed by atoms with Crippen LogP contribution in [0.1, 0.15) is 11.6 Å². The fourth-order valence-electron chi connectivity index (χ4n) is 1.69. The molecule has 3 N–H and O–H groups in total. The highest BCUT2D eigenvalue weighted by Crippen LogP contribution is 2.13. The predicted octanol–water partition coefficient (Wildman–Crippen LogP) is 1.30. The SMILES string of the molecule is [2H]N(NC(C(=O)O)c1ccccc1)S(=O)(=O)c1ccccc1. The summed E-state index contributed by atoms with van der Waals surface area (Å²) in [7, 11) is -4.15. The van der Waals surface area contributed by atoms with Crippen molar-refractivity contribution < 1.29 is 19.7 Å². The molecule has 7 heteroatoms. The van der Waals surface area contributed by atoms with Crippen LogP contribution in [0.15, 0.2) is 65.6 Å². The molecule has 2 aromatic rings. The predicted molar refractivity (Wildman–Crippen MR) is 76.7 cm³/mol. The van der Waals surface area contributed by atoms with Crippen LogP contribution in [-0.4, -0.2) is 19.5 Å². The van der Waals surface area contributed by atoms with Gasteiger partial charge in [0.2, 0.25) is 0 Å². The van der Waals surface area contributed by atoms with Crippen molar-refractivity contribution in [1.82, 2.24) is 10.2 Å². The van der Waals surface area contributed by atoms with E-state index in [1.807, 2.05) is 0 Å². The molecule has 6 nitrogen and oxygen atoms in total. The molecular weight excluding hydrogens is 292 g/mol. The molecule has 2 aromatic carbocycles. The summed E-state index contributed by atoms with van der Waals surface area (Å²) in [5.41, 5.74) is 2.53. The lowest BCUT2D eigenvalue weighted by atomic mass is 10.1. The Balaban J connectivity index is 2.26. The van der Waals surface area contributed by atoms with Crippen molar-refractivity contribution in [2.45, 2.75) is 10.9 Å². The topological polar surface area (TPSA) is 95.5 Å². The third-order valence-electron chi connectivity index (χ3n) is 2.72. The standard InChI is InChI=1S/C14H14N2O4S/c17-14(18)13(11-7-3-1-4-8-11)15-16-21(19,20)12-9-5-2-6-10-12/h1-10,13,15-16H,(H,17,18)/i/hD. The van der Waals surface area contributed by atoms with E-state index >= 15 is 0 Å². The molecule has 110 valence electrons. The third-order valence-corrected chi connectivity index (χ3v) is 3.94. The van der Waals surface area contributed by atoms with E-state index in [-0.39, 0.29) is 9.72 Å². The van der Waals surface area contributed by atoms with E-state index in [1.165, 1.54) is 36.4 Å². The molecule has 0 radical (unpaired) electrons. The van der Waals surface area contributed by atoms with Gasteiger partial charge in [-0.2, -0.15) is 0 Å². The lowest BCUT2D eigenvalue weighted by molar-refractivity contribution is -0.139. The smallest absolute Gasteiger partial charge is 0.326 e. The number of hydrogen-bond donors (Lipinski definition) is 3. The Bertz CT molecular complexity index is 738. The molecule has 0 aliphatic heterocycles. The van der Waals surface area contributed by atoms with E-state index in [2.05, 4.69) is 5.43 Å². The van der Waals surface area contributed by atoms with Gasteiger partial charge < -0.3 is 5.11 Å². The Labute approximate surface area is 123 Å². The van der Waals surface area contributed by atoms with E-state index in [0.717, 1.165) is 0 Å². The van der Waals surface area contributed by atoms with Crippen LogP contribution in [-0.2, 0) is 14.8 Å². The van der Waals surface area contributed by atoms with Crippen LogP contribution in [0.5, 0.6) is 0 Å². The summed E-state index contributed by atoms with van der Waals surface area (Å²) in [6.07, 6.45) is 0. The van der Waals surface area contributed by atoms with Crippen molar-refractivity contribution >= 4 is 16.0 Å². The number of nitrogens with one attached hydrogen (secondary N) is 2. The first kappa shape index (κ1) is 13.7. The quantitative estimate of drug-likeness (QED) is 0.699. The van der Waals surface area contributed by atoms with E-state index < -0.39 is 22.0 Å². The average Bonchev–Trinajstić information content (AvgIpc) is 2.53. The number of carboxylic acids is 1. The minimum absolute atomic E-state index is 0.0775. The third kappa shape index (κ3) is 3.88. The number of benzene rings is 2. The molecule has 2 rings (SSSR count). The molecule has 1 atom stereocenters. The highest BCUT2D eigenvalue weighted by atomic mass is 32.2. The largest absolute Gasteiger partial charge is 0.480 e. The Kier molecular flexibility index (Phi) is 4.25. The lowest BCUT2D eigenvalue weighted by Crippen LogP contribution is -2.42. The zero-order valence-corrected chi connectivity index (χ0v) is 11.7. The number of carbonyl (C=O) groups is 1.